The van der Waals surface area contributed by atoms with Crippen LogP contribution < -0.4 is 9.64 Å². The molecule has 6 heteroatoms. The molecule has 1 saturated heterocycles. The highest BCUT2D eigenvalue weighted by Gasteiger charge is 2.20. The molecule has 1 N–H and O–H groups in total. The molecule has 0 amide bonds. The van der Waals surface area contributed by atoms with Crippen LogP contribution >= 0.6 is 0 Å². The Labute approximate surface area is 112 Å². The summed E-state index contributed by atoms with van der Waals surface area (Å²) in [6.45, 7) is 5.59. The zero-order chi connectivity index (χ0) is 13.8. The first kappa shape index (κ1) is 13.6. The van der Waals surface area contributed by atoms with E-state index in [9.17, 15) is 4.79 Å². The summed E-state index contributed by atoms with van der Waals surface area (Å²) in [5, 5.41) is 8.97. The molecule has 0 aliphatic carbocycles. The summed E-state index contributed by atoms with van der Waals surface area (Å²) in [7, 11) is 0. The van der Waals surface area contributed by atoms with Crippen LogP contribution in [-0.2, 0) is 0 Å². The van der Waals surface area contributed by atoms with E-state index in [1.807, 2.05) is 13.8 Å². The van der Waals surface area contributed by atoms with Gasteiger partial charge in [0.05, 0.1) is 12.3 Å². The van der Waals surface area contributed by atoms with Crippen molar-refractivity contribution in [2.24, 2.45) is 0 Å². The van der Waals surface area contributed by atoms with E-state index in [2.05, 4.69) is 14.9 Å². The lowest BCUT2D eigenvalue weighted by atomic mass is 10.1. The maximum Gasteiger partial charge on any atom is 0.356 e. The molecule has 0 aromatic carbocycles. The highest BCUT2D eigenvalue weighted by atomic mass is 16.5. The van der Waals surface area contributed by atoms with Crippen molar-refractivity contribution in [3.05, 3.63) is 11.9 Å². The Balaban J connectivity index is 2.31. The summed E-state index contributed by atoms with van der Waals surface area (Å²) in [6.07, 6.45) is 4.67. The van der Waals surface area contributed by atoms with E-state index in [0.717, 1.165) is 25.9 Å². The fourth-order valence-electron chi connectivity index (χ4n) is 2.09. The quantitative estimate of drug-likeness (QED) is 0.896. The molecule has 1 aliphatic rings. The zero-order valence-electron chi connectivity index (χ0n) is 11.3. The molecule has 6 nitrogen and oxygen atoms in total. The Morgan fingerprint density at radius 1 is 1.37 bits per heavy atom. The lowest BCUT2D eigenvalue weighted by Gasteiger charge is -2.28. The van der Waals surface area contributed by atoms with Crippen LogP contribution in [0.5, 0.6) is 5.88 Å². The molecule has 19 heavy (non-hydrogen) atoms. The predicted octanol–water partition coefficient (Wildman–Crippen LogP) is 1.95. The van der Waals surface area contributed by atoms with Crippen LogP contribution in [0.3, 0.4) is 0 Å². The van der Waals surface area contributed by atoms with Crippen LogP contribution in [0.2, 0.25) is 0 Å². The fraction of sp³-hybridized carbons (Fsp3) is 0.615. The zero-order valence-corrected chi connectivity index (χ0v) is 11.3. The summed E-state index contributed by atoms with van der Waals surface area (Å²) in [4.78, 5) is 21.4. The van der Waals surface area contributed by atoms with Crippen molar-refractivity contribution >= 4 is 11.8 Å². The lowest BCUT2D eigenvalue weighted by molar-refractivity contribution is 0.0688. The molecule has 1 aromatic heterocycles. The van der Waals surface area contributed by atoms with Crippen molar-refractivity contribution in [3.63, 3.8) is 0 Å². The van der Waals surface area contributed by atoms with Crippen LogP contribution in [0.4, 0.5) is 5.82 Å². The molecule has 104 valence electrons. The number of hydrogen-bond donors (Lipinski definition) is 1. The molecule has 1 fully saturated rings. The van der Waals surface area contributed by atoms with Crippen molar-refractivity contribution in [1.29, 1.82) is 0 Å². The summed E-state index contributed by atoms with van der Waals surface area (Å²) in [5.74, 6) is -0.124. The predicted molar refractivity (Wildman–Crippen MR) is 70.8 cm³/mol. The van der Waals surface area contributed by atoms with E-state index < -0.39 is 5.97 Å². The molecule has 0 saturated carbocycles. The average molecular weight is 265 g/mol. The maximum atomic E-state index is 11.0. The largest absolute Gasteiger partial charge is 0.476 e. The van der Waals surface area contributed by atoms with Gasteiger partial charge in [-0.2, -0.15) is 0 Å². The summed E-state index contributed by atoms with van der Waals surface area (Å²) in [5.41, 5.74) is -0.0867. The van der Waals surface area contributed by atoms with E-state index in [0.29, 0.717) is 11.7 Å². The third-order valence-corrected chi connectivity index (χ3v) is 2.94. The van der Waals surface area contributed by atoms with Gasteiger partial charge in [0.1, 0.15) is 0 Å². The number of aromatic nitrogens is 2. The van der Waals surface area contributed by atoms with Gasteiger partial charge in [0.15, 0.2) is 11.5 Å². The number of hydrogen-bond acceptors (Lipinski definition) is 5. The number of carboxylic acid groups (broad SMARTS) is 1. The van der Waals surface area contributed by atoms with Gasteiger partial charge in [-0.15, -0.1) is 0 Å². The molecular weight excluding hydrogens is 246 g/mol. The maximum absolute atomic E-state index is 11.0. The minimum Gasteiger partial charge on any atom is -0.476 e. The van der Waals surface area contributed by atoms with E-state index >= 15 is 0 Å². The first-order valence-corrected chi connectivity index (χ1v) is 6.60. The van der Waals surface area contributed by atoms with Gasteiger partial charge in [-0.1, -0.05) is 0 Å². The highest BCUT2D eigenvalue weighted by molar-refractivity contribution is 5.85. The SMILES string of the molecule is CC(C)Oc1nc(C(=O)O)cnc1N1CCCCC1. The highest BCUT2D eigenvalue weighted by Crippen LogP contribution is 2.27. The van der Waals surface area contributed by atoms with Crippen molar-refractivity contribution < 1.29 is 14.6 Å². The van der Waals surface area contributed by atoms with Crippen LogP contribution in [0.15, 0.2) is 6.20 Å². The van der Waals surface area contributed by atoms with Gasteiger partial charge in [-0.3, -0.25) is 0 Å². The number of nitrogens with zero attached hydrogens (tertiary/aromatic N) is 3. The third-order valence-electron chi connectivity index (χ3n) is 2.94. The minimum absolute atomic E-state index is 0.0677. The Bertz CT molecular complexity index is 456. The molecule has 0 radical (unpaired) electrons. The monoisotopic (exact) mass is 265 g/mol. The second kappa shape index (κ2) is 5.86. The van der Waals surface area contributed by atoms with Gasteiger partial charge in [0.25, 0.3) is 5.88 Å². The van der Waals surface area contributed by atoms with Crippen molar-refractivity contribution in [2.45, 2.75) is 39.2 Å². The summed E-state index contributed by atoms with van der Waals surface area (Å²) >= 11 is 0. The smallest absolute Gasteiger partial charge is 0.356 e. The van der Waals surface area contributed by atoms with Crippen LogP contribution in [0.1, 0.15) is 43.6 Å². The van der Waals surface area contributed by atoms with Crippen molar-refractivity contribution in [1.82, 2.24) is 9.97 Å². The first-order chi connectivity index (χ1) is 9.08. The number of anilines is 1. The second-order valence-corrected chi connectivity index (χ2v) is 4.90. The van der Waals surface area contributed by atoms with Gasteiger partial charge >= 0.3 is 5.97 Å². The topological polar surface area (TPSA) is 75.5 Å². The normalized spacial score (nSPS) is 15.6. The molecule has 1 aromatic rings. The van der Waals surface area contributed by atoms with Crippen LogP contribution in [0.25, 0.3) is 0 Å². The Morgan fingerprint density at radius 2 is 2.05 bits per heavy atom. The Morgan fingerprint density at radius 3 is 2.63 bits per heavy atom. The molecule has 0 atom stereocenters. The van der Waals surface area contributed by atoms with E-state index in [1.54, 1.807) is 0 Å². The standard InChI is InChI=1S/C13H19N3O3/c1-9(2)19-12-11(16-6-4-3-5-7-16)14-8-10(15-12)13(17)18/h8-9H,3-7H2,1-2H3,(H,17,18). The van der Waals surface area contributed by atoms with Gasteiger partial charge in [-0.25, -0.2) is 14.8 Å². The third kappa shape index (κ3) is 3.33. The number of carbonyl (C=O) groups is 1. The average Bonchev–Trinajstić information content (AvgIpc) is 2.39. The molecule has 2 rings (SSSR count). The molecule has 0 bridgehead atoms. The van der Waals surface area contributed by atoms with E-state index in [4.69, 9.17) is 9.84 Å². The molecule has 2 heterocycles. The van der Waals surface area contributed by atoms with Crippen LogP contribution in [-0.4, -0.2) is 40.2 Å². The number of aromatic carboxylic acids is 1. The van der Waals surface area contributed by atoms with Gasteiger partial charge in [-0.05, 0) is 33.1 Å². The number of piperidine rings is 1. The Hall–Kier alpha value is -1.85. The number of carboxylic acids is 1. The first-order valence-electron chi connectivity index (χ1n) is 6.60. The van der Waals surface area contributed by atoms with Gasteiger partial charge in [0.2, 0.25) is 0 Å². The van der Waals surface area contributed by atoms with Crippen molar-refractivity contribution in [3.8, 4) is 5.88 Å². The van der Waals surface area contributed by atoms with Gasteiger partial charge in [0, 0.05) is 13.1 Å². The lowest BCUT2D eigenvalue weighted by Crippen LogP contribution is -2.31. The molecular formula is C13H19N3O3. The molecule has 0 spiro atoms. The van der Waals surface area contributed by atoms with Crippen LogP contribution in [0, 0.1) is 0 Å². The fourth-order valence-corrected chi connectivity index (χ4v) is 2.09. The second-order valence-electron chi connectivity index (χ2n) is 4.90. The Kier molecular flexibility index (Phi) is 4.19. The summed E-state index contributed by atoms with van der Waals surface area (Å²) < 4.78 is 5.61. The minimum atomic E-state index is -1.09. The van der Waals surface area contributed by atoms with E-state index in [-0.39, 0.29) is 11.8 Å². The van der Waals surface area contributed by atoms with Gasteiger partial charge < -0.3 is 14.7 Å². The number of ether oxygens (including phenoxy) is 1. The van der Waals surface area contributed by atoms with E-state index in [1.165, 1.54) is 12.6 Å². The molecule has 1 aliphatic heterocycles. The summed E-state index contributed by atoms with van der Waals surface area (Å²) in [6, 6.07) is 0. The molecule has 0 unspecified atom stereocenters. The van der Waals surface area contributed by atoms with Crippen molar-refractivity contribution in [2.75, 3.05) is 18.0 Å². The number of rotatable bonds is 4.